The maximum atomic E-state index is 10.9. The average molecular weight is 274 g/mol. The zero-order valence-corrected chi connectivity index (χ0v) is 11.5. The molecule has 5 heteroatoms. The van der Waals surface area contributed by atoms with Crippen LogP contribution in [0.1, 0.15) is 38.2 Å². The van der Waals surface area contributed by atoms with Crippen LogP contribution < -0.4 is 10.1 Å². The number of fused-ring (bicyclic) bond motifs is 2. The number of non-ortho nitro benzene ring substituents is 1. The normalized spacial score (nSPS) is 24.1. The molecular weight excluding hydrogens is 256 g/mol. The van der Waals surface area contributed by atoms with Gasteiger partial charge in [0.2, 0.25) is 0 Å². The highest BCUT2D eigenvalue weighted by Gasteiger charge is 2.40. The molecule has 1 aliphatic heterocycles. The van der Waals surface area contributed by atoms with Crippen molar-refractivity contribution in [2.24, 2.45) is 0 Å². The molecule has 1 aromatic carbocycles. The molecule has 0 saturated heterocycles. The molecule has 0 aromatic heterocycles. The van der Waals surface area contributed by atoms with Gasteiger partial charge in [0.15, 0.2) is 5.72 Å². The number of benzene rings is 1. The topological polar surface area (TPSA) is 64.4 Å². The summed E-state index contributed by atoms with van der Waals surface area (Å²) in [5.74, 6) is 0.724. The number of nitrogens with zero attached hydrogens (tertiary/aromatic N) is 1. The monoisotopic (exact) mass is 274 g/mol. The molecule has 0 unspecified atom stereocenters. The molecule has 1 aromatic rings. The zero-order valence-electron chi connectivity index (χ0n) is 11.5. The van der Waals surface area contributed by atoms with Crippen molar-refractivity contribution < 1.29 is 9.66 Å². The molecule has 1 aliphatic carbocycles. The van der Waals surface area contributed by atoms with Crippen LogP contribution in [-0.4, -0.2) is 17.2 Å². The summed E-state index contributed by atoms with van der Waals surface area (Å²) in [6.07, 6.45) is 6.27. The van der Waals surface area contributed by atoms with Crippen molar-refractivity contribution in [2.45, 2.75) is 38.3 Å². The van der Waals surface area contributed by atoms with Crippen molar-refractivity contribution >= 4 is 11.8 Å². The predicted octanol–water partition coefficient (Wildman–Crippen LogP) is 3.25. The Morgan fingerprint density at radius 3 is 3.05 bits per heavy atom. The van der Waals surface area contributed by atoms with Crippen LogP contribution in [0.4, 0.5) is 5.69 Å². The van der Waals surface area contributed by atoms with E-state index in [-0.39, 0.29) is 10.6 Å². The van der Waals surface area contributed by atoms with Gasteiger partial charge in [-0.3, -0.25) is 15.4 Å². The van der Waals surface area contributed by atoms with Crippen molar-refractivity contribution in [1.82, 2.24) is 5.32 Å². The number of nitro benzene ring substituents is 1. The van der Waals surface area contributed by atoms with E-state index < -0.39 is 5.72 Å². The number of nitro groups is 1. The number of likely N-dealkylation sites (N-methyl/N-ethyl adjacent to an activating group) is 1. The van der Waals surface area contributed by atoms with E-state index in [1.807, 2.05) is 0 Å². The van der Waals surface area contributed by atoms with Crippen LogP contribution in [0.5, 0.6) is 5.75 Å². The molecule has 1 fully saturated rings. The minimum Gasteiger partial charge on any atom is -0.468 e. The number of ether oxygens (including phenoxy) is 1. The molecular formula is C15H18N2O3. The number of nitrogens with one attached hydrogen (secondary N) is 1. The summed E-state index contributed by atoms with van der Waals surface area (Å²) < 4.78 is 6.20. The van der Waals surface area contributed by atoms with Crippen molar-refractivity contribution in [3.63, 3.8) is 0 Å². The summed E-state index contributed by atoms with van der Waals surface area (Å²) in [5, 5.41) is 14.3. The minimum atomic E-state index is -0.407. The highest BCUT2D eigenvalue weighted by Crippen LogP contribution is 2.42. The Balaban J connectivity index is 2.04. The second-order valence-corrected chi connectivity index (χ2v) is 5.32. The fourth-order valence-electron chi connectivity index (χ4n) is 3.11. The van der Waals surface area contributed by atoms with E-state index in [4.69, 9.17) is 4.74 Å². The van der Waals surface area contributed by atoms with E-state index in [9.17, 15) is 10.1 Å². The van der Waals surface area contributed by atoms with E-state index in [0.29, 0.717) is 0 Å². The lowest BCUT2D eigenvalue weighted by Gasteiger charge is -2.43. The zero-order chi connectivity index (χ0) is 14.2. The Morgan fingerprint density at radius 1 is 1.45 bits per heavy atom. The fourth-order valence-corrected chi connectivity index (χ4v) is 3.11. The molecule has 1 saturated carbocycles. The fraction of sp³-hybridized carbons (Fsp3) is 0.467. The highest BCUT2D eigenvalue weighted by molar-refractivity contribution is 5.67. The third kappa shape index (κ3) is 2.08. The third-order valence-corrected chi connectivity index (χ3v) is 4.02. The van der Waals surface area contributed by atoms with Crippen LogP contribution in [0, 0.1) is 10.1 Å². The molecule has 5 nitrogen and oxygen atoms in total. The summed E-state index contributed by atoms with van der Waals surface area (Å²) in [6, 6.07) is 4.79. The van der Waals surface area contributed by atoms with E-state index >= 15 is 0 Å². The van der Waals surface area contributed by atoms with Gasteiger partial charge in [-0.2, -0.15) is 0 Å². The second kappa shape index (κ2) is 4.90. The minimum absolute atomic E-state index is 0.107. The van der Waals surface area contributed by atoms with Gasteiger partial charge in [-0.1, -0.05) is 6.92 Å². The van der Waals surface area contributed by atoms with E-state index in [1.54, 1.807) is 12.1 Å². The van der Waals surface area contributed by atoms with Crippen molar-refractivity contribution in [1.29, 1.82) is 0 Å². The summed E-state index contributed by atoms with van der Waals surface area (Å²) in [6.45, 7) is 2.90. The smallest absolute Gasteiger partial charge is 0.270 e. The van der Waals surface area contributed by atoms with Gasteiger partial charge in [0, 0.05) is 24.1 Å². The van der Waals surface area contributed by atoms with Crippen LogP contribution in [-0.2, 0) is 0 Å². The van der Waals surface area contributed by atoms with Gasteiger partial charge >= 0.3 is 0 Å². The maximum absolute atomic E-state index is 10.9. The Morgan fingerprint density at radius 2 is 2.30 bits per heavy atom. The van der Waals surface area contributed by atoms with Crippen molar-refractivity contribution in [3.05, 3.63) is 39.4 Å². The van der Waals surface area contributed by atoms with Crippen LogP contribution in [0.15, 0.2) is 23.8 Å². The van der Waals surface area contributed by atoms with Crippen LogP contribution >= 0.6 is 0 Å². The Hall–Kier alpha value is -1.88. The highest BCUT2D eigenvalue weighted by atomic mass is 16.6. The van der Waals surface area contributed by atoms with E-state index in [2.05, 4.69) is 18.3 Å². The van der Waals surface area contributed by atoms with E-state index in [1.165, 1.54) is 11.6 Å². The molecule has 1 atom stereocenters. The molecule has 1 N–H and O–H groups in total. The van der Waals surface area contributed by atoms with Crippen LogP contribution in [0.3, 0.4) is 0 Å². The molecule has 0 amide bonds. The lowest BCUT2D eigenvalue weighted by molar-refractivity contribution is -0.384. The summed E-state index contributed by atoms with van der Waals surface area (Å²) in [5.41, 5.74) is 1.72. The van der Waals surface area contributed by atoms with Crippen LogP contribution in [0.2, 0.25) is 0 Å². The number of hydrogen-bond donors (Lipinski definition) is 1. The molecule has 0 bridgehead atoms. The number of hydrogen-bond acceptors (Lipinski definition) is 4. The van der Waals surface area contributed by atoms with Gasteiger partial charge in [-0.05, 0) is 43.5 Å². The Bertz CT molecular complexity index is 578. The van der Waals surface area contributed by atoms with Crippen molar-refractivity contribution in [3.8, 4) is 5.75 Å². The van der Waals surface area contributed by atoms with Crippen LogP contribution in [0.25, 0.3) is 6.08 Å². The summed E-state index contributed by atoms with van der Waals surface area (Å²) in [4.78, 5) is 10.5. The lowest BCUT2D eigenvalue weighted by atomic mass is 9.83. The second-order valence-electron chi connectivity index (χ2n) is 5.32. The van der Waals surface area contributed by atoms with Crippen molar-refractivity contribution in [2.75, 3.05) is 6.54 Å². The quantitative estimate of drug-likeness (QED) is 0.678. The standard InChI is InChI=1S/C15H18N2O3/c1-2-16-15-8-4-3-5-12(15)9-11-10-13(17(18)19)6-7-14(11)20-15/h6-7,9-10,16H,2-5,8H2,1H3/t15-/m0/s1. The Labute approximate surface area is 117 Å². The summed E-state index contributed by atoms with van der Waals surface area (Å²) in [7, 11) is 0. The molecule has 20 heavy (non-hydrogen) atoms. The number of rotatable bonds is 3. The Kier molecular flexibility index (Phi) is 3.22. The maximum Gasteiger partial charge on any atom is 0.270 e. The molecule has 2 aliphatic rings. The molecule has 0 radical (unpaired) electrons. The predicted molar refractivity (Wildman–Crippen MR) is 76.6 cm³/mol. The van der Waals surface area contributed by atoms with Gasteiger partial charge in [-0.25, -0.2) is 0 Å². The molecule has 3 rings (SSSR count). The first-order valence-corrected chi connectivity index (χ1v) is 7.08. The largest absolute Gasteiger partial charge is 0.468 e. The SMILES string of the molecule is CCN[C@]12CCCCC1=Cc1cc([N+](=O)[O-])ccc1O2. The lowest BCUT2D eigenvalue weighted by Crippen LogP contribution is -2.54. The van der Waals surface area contributed by atoms with Gasteiger partial charge in [0.1, 0.15) is 5.75 Å². The first kappa shape index (κ1) is 13.1. The first-order valence-electron chi connectivity index (χ1n) is 7.08. The van der Waals surface area contributed by atoms with E-state index in [0.717, 1.165) is 43.5 Å². The third-order valence-electron chi connectivity index (χ3n) is 4.02. The van der Waals surface area contributed by atoms with Gasteiger partial charge in [-0.15, -0.1) is 0 Å². The molecule has 106 valence electrons. The summed E-state index contributed by atoms with van der Waals surface area (Å²) >= 11 is 0. The van der Waals surface area contributed by atoms with Gasteiger partial charge in [0.05, 0.1) is 4.92 Å². The van der Waals surface area contributed by atoms with Gasteiger partial charge < -0.3 is 4.74 Å². The molecule has 1 heterocycles. The van der Waals surface area contributed by atoms with Gasteiger partial charge in [0.25, 0.3) is 5.69 Å². The molecule has 0 spiro atoms. The first-order chi connectivity index (χ1) is 9.64. The average Bonchev–Trinajstić information content (AvgIpc) is 2.44.